The molecular weight excluding hydrogens is 328 g/mol. The Kier molecular flexibility index (Phi) is 7.82. The molecular formula is C17H30N2O6. The fraction of sp³-hybridized carbons (Fsp3) is 0.824. The lowest BCUT2D eigenvalue weighted by molar-refractivity contribution is -0.152. The van der Waals surface area contributed by atoms with E-state index in [-0.39, 0.29) is 5.91 Å². The van der Waals surface area contributed by atoms with Crippen LogP contribution in [-0.2, 0) is 28.6 Å². The molecule has 0 aliphatic carbocycles. The minimum atomic E-state index is -0.696. The zero-order valence-corrected chi connectivity index (χ0v) is 16.0. The van der Waals surface area contributed by atoms with E-state index in [1.807, 2.05) is 13.8 Å². The molecule has 0 saturated carbocycles. The maximum absolute atomic E-state index is 12.7. The second-order valence-corrected chi connectivity index (χ2v) is 6.84. The van der Waals surface area contributed by atoms with Gasteiger partial charge in [0.15, 0.2) is 0 Å². The van der Waals surface area contributed by atoms with Crippen LogP contribution in [0.15, 0.2) is 0 Å². The van der Waals surface area contributed by atoms with Gasteiger partial charge in [-0.2, -0.15) is 0 Å². The molecule has 1 aliphatic rings. The van der Waals surface area contributed by atoms with Crippen LogP contribution in [0.3, 0.4) is 0 Å². The van der Waals surface area contributed by atoms with Crippen molar-refractivity contribution < 1.29 is 28.6 Å². The lowest BCUT2D eigenvalue weighted by Crippen LogP contribution is -2.54. The average molecular weight is 358 g/mol. The summed E-state index contributed by atoms with van der Waals surface area (Å²) in [6.45, 7) is 5.87. The monoisotopic (exact) mass is 358 g/mol. The fourth-order valence-corrected chi connectivity index (χ4v) is 2.96. The number of methoxy groups -OCH3 is 3. The van der Waals surface area contributed by atoms with Crippen LogP contribution in [0.2, 0.25) is 0 Å². The SMILES string of the molecule is COC(=O)C(CC(C)(C)OC)N[C@@H](C)C(=O)N1CCC[C@H]1C(=O)OC. The number of nitrogens with zero attached hydrogens (tertiary/aromatic N) is 1. The molecule has 8 heteroatoms. The number of ether oxygens (including phenoxy) is 3. The molecule has 1 aliphatic heterocycles. The number of esters is 2. The third-order valence-electron chi connectivity index (χ3n) is 4.56. The van der Waals surface area contributed by atoms with Gasteiger partial charge in [0, 0.05) is 20.1 Å². The van der Waals surface area contributed by atoms with Crippen LogP contribution in [0.25, 0.3) is 0 Å². The van der Waals surface area contributed by atoms with E-state index in [1.165, 1.54) is 19.1 Å². The predicted octanol–water partition coefficient (Wildman–Crippen LogP) is 0.485. The molecule has 1 saturated heterocycles. The highest BCUT2D eigenvalue weighted by molar-refractivity contribution is 5.88. The number of carbonyl (C=O) groups excluding carboxylic acids is 3. The summed E-state index contributed by atoms with van der Waals surface area (Å²) in [6, 6.07) is -1.91. The molecule has 1 rings (SSSR count). The molecule has 1 unspecified atom stereocenters. The van der Waals surface area contributed by atoms with Crippen molar-refractivity contribution in [1.82, 2.24) is 10.2 Å². The predicted molar refractivity (Wildman–Crippen MR) is 90.9 cm³/mol. The van der Waals surface area contributed by atoms with Crippen LogP contribution in [0.5, 0.6) is 0 Å². The Hall–Kier alpha value is -1.67. The van der Waals surface area contributed by atoms with Gasteiger partial charge in [0.05, 0.1) is 25.9 Å². The summed E-state index contributed by atoms with van der Waals surface area (Å²) in [7, 11) is 4.18. The van der Waals surface area contributed by atoms with E-state index in [0.29, 0.717) is 19.4 Å². The number of rotatable bonds is 8. The highest BCUT2D eigenvalue weighted by atomic mass is 16.5. The number of hydrogen-bond donors (Lipinski definition) is 1. The van der Waals surface area contributed by atoms with Gasteiger partial charge in [-0.3, -0.25) is 14.9 Å². The Morgan fingerprint density at radius 3 is 2.36 bits per heavy atom. The largest absolute Gasteiger partial charge is 0.468 e. The van der Waals surface area contributed by atoms with Crippen LogP contribution in [0.4, 0.5) is 0 Å². The fourth-order valence-electron chi connectivity index (χ4n) is 2.96. The number of likely N-dealkylation sites (tertiary alicyclic amines) is 1. The van der Waals surface area contributed by atoms with E-state index in [4.69, 9.17) is 14.2 Å². The summed E-state index contributed by atoms with van der Waals surface area (Å²) in [4.78, 5) is 38.1. The minimum absolute atomic E-state index is 0.239. The maximum Gasteiger partial charge on any atom is 0.328 e. The number of carbonyl (C=O) groups is 3. The number of hydrogen-bond acceptors (Lipinski definition) is 7. The molecule has 1 N–H and O–H groups in total. The van der Waals surface area contributed by atoms with Gasteiger partial charge in [-0.05, 0) is 33.6 Å². The first-order valence-corrected chi connectivity index (χ1v) is 8.44. The standard InChI is InChI=1S/C17H30N2O6/c1-11(14(20)19-9-7-8-13(19)16(22)24-5)18-12(15(21)23-4)10-17(2,3)25-6/h11-13,18H,7-10H2,1-6H3/t11-,12?,13-/m0/s1. The van der Waals surface area contributed by atoms with E-state index < -0.39 is 35.7 Å². The van der Waals surface area contributed by atoms with E-state index in [2.05, 4.69) is 5.32 Å². The van der Waals surface area contributed by atoms with E-state index in [1.54, 1.807) is 14.0 Å². The van der Waals surface area contributed by atoms with Crippen molar-refractivity contribution in [2.45, 2.75) is 63.8 Å². The Balaban J connectivity index is 2.81. The second kappa shape index (κ2) is 9.15. The lowest BCUT2D eigenvalue weighted by Gasteiger charge is -2.31. The molecule has 1 fully saturated rings. The van der Waals surface area contributed by atoms with E-state index in [9.17, 15) is 14.4 Å². The molecule has 25 heavy (non-hydrogen) atoms. The molecule has 0 radical (unpaired) electrons. The zero-order valence-electron chi connectivity index (χ0n) is 16.0. The highest BCUT2D eigenvalue weighted by Gasteiger charge is 2.38. The van der Waals surface area contributed by atoms with Crippen LogP contribution >= 0.6 is 0 Å². The Bertz CT molecular complexity index is 494. The topological polar surface area (TPSA) is 94.2 Å². The van der Waals surface area contributed by atoms with Gasteiger partial charge >= 0.3 is 11.9 Å². The molecule has 1 heterocycles. The molecule has 0 aromatic heterocycles. The molecule has 8 nitrogen and oxygen atoms in total. The van der Waals surface area contributed by atoms with Gasteiger partial charge in [0.25, 0.3) is 0 Å². The van der Waals surface area contributed by atoms with Gasteiger partial charge in [-0.15, -0.1) is 0 Å². The van der Waals surface area contributed by atoms with Crippen molar-refractivity contribution in [3.8, 4) is 0 Å². The number of amides is 1. The van der Waals surface area contributed by atoms with Gasteiger partial charge < -0.3 is 19.1 Å². The second-order valence-electron chi connectivity index (χ2n) is 6.84. The van der Waals surface area contributed by atoms with E-state index in [0.717, 1.165) is 6.42 Å². The molecule has 3 atom stereocenters. The molecule has 0 aromatic rings. The first-order chi connectivity index (χ1) is 11.7. The first kappa shape index (κ1) is 21.4. The highest BCUT2D eigenvalue weighted by Crippen LogP contribution is 2.21. The summed E-state index contributed by atoms with van der Waals surface area (Å²) in [5.74, 6) is -1.11. The summed E-state index contributed by atoms with van der Waals surface area (Å²) in [6.07, 6.45) is 1.67. The Morgan fingerprint density at radius 1 is 1.20 bits per heavy atom. The third kappa shape index (κ3) is 5.67. The molecule has 144 valence electrons. The van der Waals surface area contributed by atoms with Crippen LogP contribution < -0.4 is 5.32 Å². The maximum atomic E-state index is 12.7. The molecule has 0 bridgehead atoms. The van der Waals surface area contributed by atoms with Gasteiger partial charge in [0.2, 0.25) is 5.91 Å². The normalized spacial score (nSPS) is 20.1. The van der Waals surface area contributed by atoms with Crippen molar-refractivity contribution in [2.75, 3.05) is 27.9 Å². The van der Waals surface area contributed by atoms with Crippen molar-refractivity contribution in [3.05, 3.63) is 0 Å². The summed E-state index contributed by atoms with van der Waals surface area (Å²) < 4.78 is 15.0. The molecule has 0 aromatic carbocycles. The number of nitrogens with one attached hydrogen (secondary N) is 1. The average Bonchev–Trinajstić information content (AvgIpc) is 3.08. The van der Waals surface area contributed by atoms with Gasteiger partial charge in [0.1, 0.15) is 12.1 Å². The lowest BCUT2D eigenvalue weighted by atomic mass is 9.98. The Morgan fingerprint density at radius 2 is 1.84 bits per heavy atom. The van der Waals surface area contributed by atoms with Crippen molar-refractivity contribution in [1.29, 1.82) is 0 Å². The van der Waals surface area contributed by atoms with Crippen molar-refractivity contribution in [3.63, 3.8) is 0 Å². The first-order valence-electron chi connectivity index (χ1n) is 8.44. The van der Waals surface area contributed by atoms with Crippen LogP contribution in [-0.4, -0.2) is 74.3 Å². The Labute approximate surface area is 149 Å². The van der Waals surface area contributed by atoms with E-state index >= 15 is 0 Å². The summed E-state index contributed by atoms with van der Waals surface area (Å²) >= 11 is 0. The van der Waals surface area contributed by atoms with Gasteiger partial charge in [-0.1, -0.05) is 0 Å². The third-order valence-corrected chi connectivity index (χ3v) is 4.56. The van der Waals surface area contributed by atoms with Crippen LogP contribution in [0, 0.1) is 0 Å². The van der Waals surface area contributed by atoms with Crippen molar-refractivity contribution >= 4 is 17.8 Å². The minimum Gasteiger partial charge on any atom is -0.468 e. The van der Waals surface area contributed by atoms with Crippen molar-refractivity contribution in [2.24, 2.45) is 0 Å². The van der Waals surface area contributed by atoms with Gasteiger partial charge in [-0.25, -0.2) is 4.79 Å². The smallest absolute Gasteiger partial charge is 0.328 e. The zero-order chi connectivity index (χ0) is 19.2. The van der Waals surface area contributed by atoms with Crippen LogP contribution in [0.1, 0.15) is 40.0 Å². The molecule has 1 amide bonds. The summed E-state index contributed by atoms with van der Waals surface area (Å²) in [5, 5.41) is 3.01. The summed E-state index contributed by atoms with van der Waals surface area (Å²) in [5.41, 5.74) is -0.559. The molecule has 0 spiro atoms. The quantitative estimate of drug-likeness (QED) is 0.631.